The van der Waals surface area contributed by atoms with Crippen molar-refractivity contribution >= 4 is 35.6 Å². The number of fused-ring (bicyclic) bond motifs is 3. The summed E-state index contributed by atoms with van der Waals surface area (Å²) in [5, 5.41) is 0. The molecule has 0 saturated heterocycles. The molecule has 5 rings (SSSR count). The molecule has 1 atom stereocenters. The van der Waals surface area contributed by atoms with Crippen LogP contribution < -0.4 is 6.54 Å². The summed E-state index contributed by atoms with van der Waals surface area (Å²) in [6.07, 6.45) is 4.65. The van der Waals surface area contributed by atoms with Crippen LogP contribution in [0.2, 0.25) is 4.63 Å². The summed E-state index contributed by atoms with van der Waals surface area (Å²) < 4.78 is 13.1. The zero-order chi connectivity index (χ0) is 31.9. The van der Waals surface area contributed by atoms with Gasteiger partial charge >= 0.3 is 266 Å². The molecule has 45 heavy (non-hydrogen) atoms. The van der Waals surface area contributed by atoms with E-state index in [9.17, 15) is 0 Å². The van der Waals surface area contributed by atoms with Gasteiger partial charge in [-0.3, -0.25) is 0 Å². The molecule has 0 spiro atoms. The first-order chi connectivity index (χ1) is 19.7. The first kappa shape index (κ1) is 37.9. The van der Waals surface area contributed by atoms with Gasteiger partial charge in [0.25, 0.3) is 0 Å². The minimum absolute atomic E-state index is 0. The van der Waals surface area contributed by atoms with E-state index in [1.54, 1.807) is 12.1 Å². The Morgan fingerprint density at radius 3 is 1.82 bits per heavy atom. The van der Waals surface area contributed by atoms with Gasteiger partial charge in [-0.15, -0.1) is 24.8 Å². The normalized spacial score (nSPS) is 16.9. The molecule has 0 amide bonds. The van der Waals surface area contributed by atoms with Gasteiger partial charge in [-0.25, -0.2) is 0 Å². The number of aryl methyl sites for hydroxylation is 1. The van der Waals surface area contributed by atoms with E-state index < -0.39 is 18.3 Å². The Labute approximate surface area is 288 Å². The van der Waals surface area contributed by atoms with Gasteiger partial charge in [0.2, 0.25) is 0 Å². The van der Waals surface area contributed by atoms with Gasteiger partial charge in [-0.05, 0) is 0 Å². The first-order valence-corrected chi connectivity index (χ1v) is 24.5. The second-order valence-corrected chi connectivity index (χ2v) is 31.3. The van der Waals surface area contributed by atoms with Crippen molar-refractivity contribution in [2.24, 2.45) is 11.3 Å². The summed E-state index contributed by atoms with van der Waals surface area (Å²) in [6, 6.07) is 22.0. The Morgan fingerprint density at radius 2 is 1.31 bits per heavy atom. The van der Waals surface area contributed by atoms with Crippen molar-refractivity contribution in [2.75, 3.05) is 0 Å². The molecule has 1 unspecified atom stereocenters. The summed E-state index contributed by atoms with van der Waals surface area (Å²) in [4.78, 5) is 0. The van der Waals surface area contributed by atoms with Crippen molar-refractivity contribution in [3.63, 3.8) is 0 Å². The van der Waals surface area contributed by atoms with Crippen LogP contribution in [0.5, 0.6) is 0 Å². The molecule has 0 aliphatic heterocycles. The maximum atomic E-state index is 5.66. The SMILES string of the molecule is Cl.Cl.[CH2]=[Zr]([CH3])([C]1=C(CC)C(C(C)(C)C)=CC1C)([c]1ccc(C)cc1)[c]1cc(C(C)(C)C)cc2c1Cc1ccc(C(C)(C)C)cc1-2. The molecular formula is C42H58Cl2Zr. The quantitative estimate of drug-likeness (QED) is 0.197. The second-order valence-electron chi connectivity index (χ2n) is 17.3. The standard InChI is InChI=1S/C21H25.C12H19.C7H7.CH3.CH2.2ClH.Zr/c1-20(2,3)16-9-7-14-11-15-8-10-17(21(4,5)6)13-19(15)18(14)12-16;1-6-10-7-9(2)8-11(10)12(3,4)5;1-7-5-3-2-4-6-7;;;;;/h7,9-10,12-13H,11H2,1-6H3;8-9H,6H2,1-5H3;3-6H,1H3;1H3;1H2;2*1H;. The summed E-state index contributed by atoms with van der Waals surface area (Å²) in [6.45, 7) is 28.3. The second kappa shape index (κ2) is 12.2. The van der Waals surface area contributed by atoms with Gasteiger partial charge in [-0.2, -0.15) is 0 Å². The molecule has 0 heterocycles. The molecule has 0 saturated carbocycles. The van der Waals surface area contributed by atoms with E-state index >= 15 is 0 Å². The fraction of sp³-hybridized carbons (Fsp3) is 0.452. The average molecular weight is 725 g/mol. The molecule has 0 fully saturated rings. The Bertz CT molecular complexity index is 1740. The first-order valence-electron chi connectivity index (χ1n) is 16.6. The van der Waals surface area contributed by atoms with Gasteiger partial charge in [0.05, 0.1) is 0 Å². The molecule has 2 aliphatic rings. The van der Waals surface area contributed by atoms with Crippen LogP contribution in [-0.4, -0.2) is 4.21 Å². The van der Waals surface area contributed by atoms with Gasteiger partial charge in [-0.1, -0.05) is 0 Å². The third-order valence-electron chi connectivity index (χ3n) is 10.7. The van der Waals surface area contributed by atoms with Gasteiger partial charge in [0.1, 0.15) is 0 Å². The third-order valence-corrected chi connectivity index (χ3v) is 25.5. The van der Waals surface area contributed by atoms with Crippen LogP contribution in [0.25, 0.3) is 11.1 Å². The van der Waals surface area contributed by atoms with Crippen molar-refractivity contribution in [1.82, 2.24) is 0 Å². The van der Waals surface area contributed by atoms with Crippen LogP contribution in [0, 0.1) is 18.3 Å². The van der Waals surface area contributed by atoms with Gasteiger partial charge < -0.3 is 0 Å². The molecule has 0 bridgehead atoms. The Hall–Kier alpha value is -1.53. The van der Waals surface area contributed by atoms with E-state index in [0.717, 1.165) is 12.8 Å². The van der Waals surface area contributed by atoms with Crippen LogP contribution in [-0.2, 0) is 35.5 Å². The number of benzene rings is 3. The summed E-state index contributed by atoms with van der Waals surface area (Å²) in [5.41, 5.74) is 13.4. The summed E-state index contributed by atoms with van der Waals surface area (Å²) in [5.74, 6) is 0.379. The Morgan fingerprint density at radius 1 is 0.756 bits per heavy atom. The van der Waals surface area contributed by atoms with Crippen molar-refractivity contribution in [1.29, 1.82) is 0 Å². The van der Waals surface area contributed by atoms with Crippen molar-refractivity contribution in [3.8, 4) is 11.1 Å². The number of rotatable bonds is 4. The number of halogens is 2. The third kappa shape index (κ3) is 6.25. The molecule has 3 aromatic carbocycles. The molecule has 0 radical (unpaired) electrons. The van der Waals surface area contributed by atoms with Gasteiger partial charge in [0.15, 0.2) is 0 Å². The van der Waals surface area contributed by atoms with E-state index in [0.29, 0.717) is 5.92 Å². The van der Waals surface area contributed by atoms with E-state index in [2.05, 4.69) is 148 Å². The predicted molar refractivity (Wildman–Crippen MR) is 204 cm³/mol. The van der Waals surface area contributed by atoms with Crippen molar-refractivity contribution in [3.05, 3.63) is 103 Å². The number of hydrogen-bond acceptors (Lipinski definition) is 0. The van der Waals surface area contributed by atoms with E-state index in [1.807, 2.05) is 0 Å². The van der Waals surface area contributed by atoms with Crippen LogP contribution in [0.3, 0.4) is 0 Å². The summed E-state index contributed by atoms with van der Waals surface area (Å²) in [7, 11) is 0. The fourth-order valence-electron chi connectivity index (χ4n) is 8.20. The Balaban J connectivity index is 0.00000276. The predicted octanol–water partition coefficient (Wildman–Crippen LogP) is 11.4. The average Bonchev–Trinajstić information content (AvgIpc) is 3.45. The van der Waals surface area contributed by atoms with Crippen molar-refractivity contribution < 1.29 is 18.3 Å². The van der Waals surface area contributed by atoms with E-state index in [1.165, 1.54) is 47.8 Å². The van der Waals surface area contributed by atoms with Crippen LogP contribution >= 0.6 is 24.8 Å². The van der Waals surface area contributed by atoms with Crippen LogP contribution in [0.4, 0.5) is 0 Å². The number of hydrogen-bond donors (Lipinski definition) is 0. The zero-order valence-corrected chi connectivity index (χ0v) is 34.4. The van der Waals surface area contributed by atoms with E-state index in [-0.39, 0.29) is 41.1 Å². The zero-order valence-electron chi connectivity index (χ0n) is 30.3. The molecular weight excluding hydrogens is 667 g/mol. The molecule has 0 nitrogen and oxygen atoms in total. The fourth-order valence-corrected chi connectivity index (χ4v) is 23.0. The molecule has 3 aromatic rings. The monoisotopic (exact) mass is 722 g/mol. The minimum atomic E-state index is -4.47. The molecule has 2 aliphatic carbocycles. The Kier molecular flexibility index (Phi) is 10.3. The van der Waals surface area contributed by atoms with Crippen molar-refractivity contribution in [2.45, 2.75) is 111 Å². The van der Waals surface area contributed by atoms with Gasteiger partial charge in [0, 0.05) is 0 Å². The topological polar surface area (TPSA) is 0 Å². The van der Waals surface area contributed by atoms with Crippen LogP contribution in [0.1, 0.15) is 110 Å². The molecule has 0 N–H and O–H groups in total. The summed E-state index contributed by atoms with van der Waals surface area (Å²) >= 11 is -4.47. The molecule has 3 heteroatoms. The van der Waals surface area contributed by atoms with E-state index in [4.69, 9.17) is 4.21 Å². The molecule has 0 aromatic heterocycles. The number of allylic oxidation sites excluding steroid dienone is 4. The molecule has 244 valence electrons. The van der Waals surface area contributed by atoms with Crippen LogP contribution in [0.15, 0.2) is 75.1 Å². The maximum absolute atomic E-state index is 5.66.